The largest absolute Gasteiger partial charge is 0.701 e. The zero-order valence-corrected chi connectivity index (χ0v) is 15.4. The molecule has 3 aromatic carbocycles. The van der Waals surface area contributed by atoms with E-state index in [1.165, 1.54) is 9.48 Å². The van der Waals surface area contributed by atoms with Crippen molar-refractivity contribution in [2.24, 2.45) is 0 Å². The van der Waals surface area contributed by atoms with Crippen LogP contribution in [0.5, 0.6) is 0 Å². The Bertz CT molecular complexity index is 1160. The molecule has 0 spiro atoms. The molecule has 0 N–H and O–H groups in total. The third kappa shape index (κ3) is 3.30. The van der Waals surface area contributed by atoms with Crippen molar-refractivity contribution in [2.45, 2.75) is 5.16 Å². The van der Waals surface area contributed by atoms with Gasteiger partial charge in [0, 0.05) is 15.5 Å². The molecule has 0 radical (unpaired) electrons. The summed E-state index contributed by atoms with van der Waals surface area (Å²) in [5, 5.41) is 8.80. The first-order valence-electron chi connectivity index (χ1n) is 8.51. The minimum atomic E-state index is -0.627. The Labute approximate surface area is 166 Å². The molecule has 0 aliphatic heterocycles. The standard InChI is InChI=1S/C21H14N4O2S/c26-19(15-9-3-1-4-10-15)20(27)17-13-7-8-14-18(17)24-21(28)22-25(23-24)16-11-5-2-6-12-16/h1-14H. The molecular weight excluding hydrogens is 372 g/mol. The van der Waals surface area contributed by atoms with Crippen molar-refractivity contribution in [2.75, 3.05) is 0 Å². The molecule has 0 amide bonds. The highest BCUT2D eigenvalue weighted by Gasteiger charge is 2.25. The number of nitrogens with zero attached hydrogens (tertiary/aromatic N) is 4. The molecule has 136 valence electrons. The molecule has 4 rings (SSSR count). The van der Waals surface area contributed by atoms with Crippen molar-refractivity contribution < 1.29 is 14.3 Å². The number of benzene rings is 3. The van der Waals surface area contributed by atoms with E-state index in [1.807, 2.05) is 30.3 Å². The molecule has 0 saturated carbocycles. The maximum absolute atomic E-state index is 12.9. The Morgan fingerprint density at radius 3 is 2.11 bits per heavy atom. The fourth-order valence-electron chi connectivity index (χ4n) is 2.78. The average molecular weight is 386 g/mol. The van der Waals surface area contributed by atoms with Crippen LogP contribution < -0.4 is 4.68 Å². The Morgan fingerprint density at radius 1 is 0.786 bits per heavy atom. The number of para-hydroxylation sites is 2. The van der Waals surface area contributed by atoms with Crippen LogP contribution in [0.25, 0.3) is 11.4 Å². The maximum atomic E-state index is 12.9. The van der Waals surface area contributed by atoms with Gasteiger partial charge in [0.15, 0.2) is 10.8 Å². The molecule has 0 aliphatic rings. The van der Waals surface area contributed by atoms with Crippen LogP contribution in [0.1, 0.15) is 20.7 Å². The second kappa shape index (κ2) is 7.50. The van der Waals surface area contributed by atoms with Crippen LogP contribution in [0, 0.1) is 0 Å². The van der Waals surface area contributed by atoms with Crippen LogP contribution in [0.3, 0.4) is 0 Å². The third-order valence-corrected chi connectivity index (χ3v) is 4.40. The number of tetrazole rings is 1. The summed E-state index contributed by atoms with van der Waals surface area (Å²) in [5.74, 6) is -1.21. The lowest BCUT2D eigenvalue weighted by atomic mass is 10.0. The topological polar surface area (TPSA) is 68.7 Å². The predicted octanol–water partition coefficient (Wildman–Crippen LogP) is 2.52. The van der Waals surface area contributed by atoms with Gasteiger partial charge in [0.1, 0.15) is 5.69 Å². The molecule has 28 heavy (non-hydrogen) atoms. The van der Waals surface area contributed by atoms with Gasteiger partial charge in [0.05, 0.1) is 10.8 Å². The summed E-state index contributed by atoms with van der Waals surface area (Å²) in [6.07, 6.45) is 0. The van der Waals surface area contributed by atoms with Gasteiger partial charge in [-0.05, 0) is 24.3 Å². The lowest BCUT2D eigenvalue weighted by molar-refractivity contribution is -0.698. The van der Waals surface area contributed by atoms with Crippen molar-refractivity contribution in [3.8, 4) is 11.4 Å². The van der Waals surface area contributed by atoms with Crippen molar-refractivity contribution in [3.63, 3.8) is 0 Å². The molecule has 0 unspecified atom stereocenters. The third-order valence-electron chi connectivity index (χ3n) is 4.14. The number of ketones is 2. The first-order chi connectivity index (χ1) is 13.6. The van der Waals surface area contributed by atoms with Crippen LogP contribution in [0.15, 0.2) is 90.1 Å². The zero-order valence-electron chi connectivity index (χ0n) is 14.6. The van der Waals surface area contributed by atoms with E-state index in [0.29, 0.717) is 11.3 Å². The van der Waals surface area contributed by atoms with Gasteiger partial charge < -0.3 is 12.6 Å². The van der Waals surface area contributed by atoms with E-state index >= 15 is 0 Å². The highest BCUT2D eigenvalue weighted by atomic mass is 32.1. The Hall–Kier alpha value is -3.71. The fraction of sp³-hybridized carbons (Fsp3) is 0. The van der Waals surface area contributed by atoms with E-state index in [4.69, 9.17) is 12.6 Å². The number of aromatic nitrogens is 4. The zero-order chi connectivity index (χ0) is 19.5. The second-order valence-electron chi connectivity index (χ2n) is 5.95. The molecule has 4 aromatic rings. The van der Waals surface area contributed by atoms with Crippen LogP contribution in [-0.2, 0) is 12.6 Å². The van der Waals surface area contributed by atoms with Crippen LogP contribution in [0.2, 0.25) is 0 Å². The lowest BCUT2D eigenvalue weighted by Crippen LogP contribution is -2.38. The summed E-state index contributed by atoms with van der Waals surface area (Å²) >= 11 is 5.33. The quantitative estimate of drug-likeness (QED) is 0.228. The summed E-state index contributed by atoms with van der Waals surface area (Å²) in [4.78, 5) is 26.9. The summed E-state index contributed by atoms with van der Waals surface area (Å²) in [6, 6.07) is 24.5. The average Bonchev–Trinajstić information content (AvgIpc) is 3.15. The molecular formula is C21H14N4O2S. The van der Waals surface area contributed by atoms with Gasteiger partial charge in [-0.15, -0.1) is 4.68 Å². The molecule has 7 heteroatoms. The lowest BCUT2D eigenvalue weighted by Gasteiger charge is -2.06. The Balaban J connectivity index is 1.76. The van der Waals surface area contributed by atoms with Crippen molar-refractivity contribution in [1.82, 2.24) is 15.1 Å². The van der Waals surface area contributed by atoms with E-state index in [0.717, 1.165) is 5.69 Å². The van der Waals surface area contributed by atoms with Gasteiger partial charge in [-0.3, -0.25) is 9.59 Å². The van der Waals surface area contributed by atoms with Crippen LogP contribution >= 0.6 is 0 Å². The normalized spacial score (nSPS) is 10.6. The first kappa shape index (κ1) is 17.7. The molecule has 6 nitrogen and oxygen atoms in total. The molecule has 1 heterocycles. The van der Waals surface area contributed by atoms with E-state index in [1.54, 1.807) is 54.6 Å². The Kier molecular flexibility index (Phi) is 4.74. The van der Waals surface area contributed by atoms with E-state index < -0.39 is 11.6 Å². The molecule has 1 aromatic heterocycles. The summed E-state index contributed by atoms with van der Waals surface area (Å²) in [6.45, 7) is 0. The van der Waals surface area contributed by atoms with Crippen molar-refractivity contribution in [3.05, 3.63) is 96.1 Å². The second-order valence-corrected chi connectivity index (χ2v) is 6.32. The van der Waals surface area contributed by atoms with Gasteiger partial charge in [-0.2, -0.15) is 0 Å². The Morgan fingerprint density at radius 2 is 1.39 bits per heavy atom. The van der Waals surface area contributed by atoms with Crippen LogP contribution in [0.4, 0.5) is 0 Å². The summed E-state index contributed by atoms with van der Waals surface area (Å²) < 4.78 is 1.38. The number of hydrogen-bond acceptors (Lipinski definition) is 5. The maximum Gasteiger partial charge on any atom is 0.237 e. The minimum Gasteiger partial charge on any atom is -0.701 e. The van der Waals surface area contributed by atoms with Gasteiger partial charge >= 0.3 is 0 Å². The molecule has 0 saturated heterocycles. The number of hydrogen-bond donors (Lipinski definition) is 0. The smallest absolute Gasteiger partial charge is 0.237 e. The summed E-state index contributed by atoms with van der Waals surface area (Å²) in [5.41, 5.74) is 1.69. The SMILES string of the molecule is O=C(C(=O)c1ccccc1-[n+]1nn(-c2ccccc2)nc1[S-])c1ccccc1. The number of Topliss-reactive ketones (excluding diaryl/α,β-unsaturated/α-hetero) is 2. The number of rotatable bonds is 5. The monoisotopic (exact) mass is 386 g/mol. The molecule has 0 aliphatic carbocycles. The van der Waals surface area contributed by atoms with Gasteiger partial charge in [-0.1, -0.05) is 60.7 Å². The van der Waals surface area contributed by atoms with E-state index in [2.05, 4.69) is 10.3 Å². The highest BCUT2D eigenvalue weighted by molar-refractivity contribution is 7.58. The van der Waals surface area contributed by atoms with Gasteiger partial charge in [-0.25, -0.2) is 0 Å². The first-order valence-corrected chi connectivity index (χ1v) is 8.91. The number of carbonyl (C=O) groups excluding carboxylic acids is 2. The van der Waals surface area contributed by atoms with Gasteiger partial charge in [0.2, 0.25) is 11.6 Å². The molecule has 0 bridgehead atoms. The van der Waals surface area contributed by atoms with E-state index in [-0.39, 0.29) is 10.7 Å². The molecule has 0 fully saturated rings. The molecule has 0 atom stereocenters. The summed E-state index contributed by atoms with van der Waals surface area (Å²) in [7, 11) is 0. The van der Waals surface area contributed by atoms with Crippen molar-refractivity contribution in [1.29, 1.82) is 0 Å². The minimum absolute atomic E-state index is 0.177. The van der Waals surface area contributed by atoms with E-state index in [9.17, 15) is 9.59 Å². The number of carbonyl (C=O) groups is 2. The predicted molar refractivity (Wildman–Crippen MR) is 104 cm³/mol. The fourth-order valence-corrected chi connectivity index (χ4v) is 2.99. The van der Waals surface area contributed by atoms with Crippen molar-refractivity contribution >= 4 is 24.2 Å². The van der Waals surface area contributed by atoms with Crippen LogP contribution in [-0.4, -0.2) is 26.7 Å². The highest BCUT2D eigenvalue weighted by Crippen LogP contribution is 2.14. The van der Waals surface area contributed by atoms with Gasteiger partial charge in [0.25, 0.3) is 0 Å².